The Morgan fingerprint density at radius 3 is 2.88 bits per heavy atom. The van der Waals surface area contributed by atoms with Gasteiger partial charge < -0.3 is 9.88 Å². The van der Waals surface area contributed by atoms with Gasteiger partial charge in [0.2, 0.25) is 0 Å². The van der Waals surface area contributed by atoms with Crippen LogP contribution in [0.4, 0.5) is 0 Å². The van der Waals surface area contributed by atoms with Crippen LogP contribution in [-0.4, -0.2) is 19.3 Å². The number of hydrogen-bond donors (Lipinski definition) is 1. The van der Waals surface area contributed by atoms with Crippen LogP contribution >= 0.6 is 0 Å². The summed E-state index contributed by atoms with van der Waals surface area (Å²) in [6.45, 7) is 4.76. The summed E-state index contributed by atoms with van der Waals surface area (Å²) in [5.74, 6) is 1.09. The van der Waals surface area contributed by atoms with E-state index in [4.69, 9.17) is 0 Å². The van der Waals surface area contributed by atoms with E-state index in [0.29, 0.717) is 0 Å². The van der Waals surface area contributed by atoms with Gasteiger partial charge in [0.25, 0.3) is 0 Å². The summed E-state index contributed by atoms with van der Waals surface area (Å²) in [5.41, 5.74) is 1.06. The summed E-state index contributed by atoms with van der Waals surface area (Å²) in [4.78, 5) is 4.35. The van der Waals surface area contributed by atoms with E-state index in [1.54, 1.807) is 0 Å². The van der Waals surface area contributed by atoms with Crippen LogP contribution in [0.3, 0.4) is 0 Å². The predicted molar refractivity (Wildman–Crippen MR) is 66.3 cm³/mol. The van der Waals surface area contributed by atoms with E-state index in [1.807, 2.05) is 36.4 Å². The van der Waals surface area contributed by atoms with Crippen molar-refractivity contribution in [2.45, 2.75) is 33.0 Å². The lowest BCUT2D eigenvalue weighted by atomic mass is 10.4. The van der Waals surface area contributed by atoms with Gasteiger partial charge in [-0.2, -0.15) is 5.10 Å². The normalized spacial score (nSPS) is 10.9. The Balaban J connectivity index is 1.83. The molecule has 0 radical (unpaired) electrons. The van der Waals surface area contributed by atoms with E-state index in [9.17, 15) is 0 Å². The zero-order valence-electron chi connectivity index (χ0n) is 10.4. The zero-order chi connectivity index (χ0) is 12.1. The van der Waals surface area contributed by atoms with E-state index >= 15 is 0 Å². The summed E-state index contributed by atoms with van der Waals surface area (Å²) >= 11 is 0. The smallest absolute Gasteiger partial charge is 0.122 e. The molecule has 92 valence electrons. The van der Waals surface area contributed by atoms with E-state index < -0.39 is 0 Å². The minimum atomic E-state index is 0.778. The molecule has 0 fully saturated rings. The molecule has 0 bridgehead atoms. The molecule has 2 heterocycles. The molecule has 1 N–H and O–H groups in total. The monoisotopic (exact) mass is 233 g/mol. The van der Waals surface area contributed by atoms with Crippen molar-refractivity contribution in [2.24, 2.45) is 7.05 Å². The number of imidazole rings is 1. The molecule has 0 atom stereocenters. The highest BCUT2D eigenvalue weighted by Crippen LogP contribution is 2.00. The summed E-state index contributed by atoms with van der Waals surface area (Å²) < 4.78 is 4.00. The maximum absolute atomic E-state index is 4.35. The largest absolute Gasteiger partial charge is 0.334 e. The fourth-order valence-electron chi connectivity index (χ4n) is 1.81. The van der Waals surface area contributed by atoms with Gasteiger partial charge in [-0.1, -0.05) is 6.92 Å². The van der Waals surface area contributed by atoms with Crippen molar-refractivity contribution >= 4 is 0 Å². The molecule has 5 nitrogen and oxygen atoms in total. The number of aromatic nitrogens is 4. The highest BCUT2D eigenvalue weighted by Gasteiger charge is 2.02. The molecule has 0 aromatic carbocycles. The molecule has 0 saturated heterocycles. The average molecular weight is 233 g/mol. The van der Waals surface area contributed by atoms with Crippen LogP contribution in [0.25, 0.3) is 0 Å². The minimum absolute atomic E-state index is 0.778. The van der Waals surface area contributed by atoms with Crippen molar-refractivity contribution in [1.82, 2.24) is 24.6 Å². The fraction of sp³-hybridized carbons (Fsp3) is 0.500. The minimum Gasteiger partial charge on any atom is -0.334 e. The van der Waals surface area contributed by atoms with Crippen LogP contribution in [0.15, 0.2) is 24.7 Å². The topological polar surface area (TPSA) is 47.7 Å². The lowest BCUT2D eigenvalue weighted by Crippen LogP contribution is -2.17. The van der Waals surface area contributed by atoms with Gasteiger partial charge in [0.15, 0.2) is 0 Å². The van der Waals surface area contributed by atoms with Crippen LogP contribution in [0.5, 0.6) is 0 Å². The fourth-order valence-corrected chi connectivity index (χ4v) is 1.81. The van der Waals surface area contributed by atoms with Gasteiger partial charge in [-0.3, -0.25) is 4.68 Å². The van der Waals surface area contributed by atoms with Crippen molar-refractivity contribution in [2.75, 3.05) is 0 Å². The Morgan fingerprint density at radius 2 is 2.18 bits per heavy atom. The Kier molecular flexibility index (Phi) is 3.93. The molecule has 0 saturated carbocycles. The van der Waals surface area contributed by atoms with Gasteiger partial charge in [-0.25, -0.2) is 4.98 Å². The van der Waals surface area contributed by atoms with Crippen LogP contribution in [0.2, 0.25) is 0 Å². The van der Waals surface area contributed by atoms with Crippen LogP contribution < -0.4 is 5.32 Å². The summed E-state index contributed by atoms with van der Waals surface area (Å²) in [6.07, 6.45) is 6.97. The Labute approximate surface area is 101 Å². The van der Waals surface area contributed by atoms with Crippen molar-refractivity contribution in [1.29, 1.82) is 0 Å². The second-order valence-corrected chi connectivity index (χ2v) is 4.12. The number of aryl methyl sites for hydroxylation is 2. The molecular weight excluding hydrogens is 214 g/mol. The molecule has 0 spiro atoms. The second-order valence-electron chi connectivity index (χ2n) is 4.12. The van der Waals surface area contributed by atoms with E-state index in [1.165, 1.54) is 0 Å². The van der Waals surface area contributed by atoms with Gasteiger partial charge in [-0.15, -0.1) is 0 Å². The number of nitrogens with one attached hydrogen (secondary N) is 1. The molecule has 0 aliphatic heterocycles. The van der Waals surface area contributed by atoms with Gasteiger partial charge in [0, 0.05) is 38.7 Å². The third-order valence-corrected chi connectivity index (χ3v) is 2.62. The highest BCUT2D eigenvalue weighted by atomic mass is 15.3. The first-order valence-corrected chi connectivity index (χ1v) is 5.99. The molecule has 2 rings (SSSR count). The van der Waals surface area contributed by atoms with Gasteiger partial charge in [-0.05, 0) is 12.5 Å². The van der Waals surface area contributed by atoms with Crippen molar-refractivity contribution in [3.63, 3.8) is 0 Å². The van der Waals surface area contributed by atoms with Crippen LogP contribution in [-0.2, 0) is 26.7 Å². The van der Waals surface area contributed by atoms with Crippen LogP contribution in [0, 0.1) is 0 Å². The lowest BCUT2D eigenvalue weighted by Gasteiger charge is -2.06. The molecule has 0 aliphatic rings. The molecular formula is C12H19N5. The molecule has 0 unspecified atom stereocenters. The molecule has 2 aromatic rings. The van der Waals surface area contributed by atoms with E-state index in [0.717, 1.165) is 37.6 Å². The first-order chi connectivity index (χ1) is 8.29. The van der Waals surface area contributed by atoms with Gasteiger partial charge in [0.1, 0.15) is 5.82 Å². The second kappa shape index (κ2) is 5.63. The van der Waals surface area contributed by atoms with Crippen molar-refractivity contribution < 1.29 is 0 Å². The summed E-state index contributed by atoms with van der Waals surface area (Å²) in [5, 5.41) is 7.67. The van der Waals surface area contributed by atoms with Gasteiger partial charge in [0.05, 0.1) is 12.2 Å². The van der Waals surface area contributed by atoms with Crippen molar-refractivity contribution in [3.05, 3.63) is 36.2 Å². The number of hydrogen-bond acceptors (Lipinski definition) is 3. The standard InChI is InChI=1S/C12H19N5/c1-3-6-17-8-5-14-12(17)10-13-9-11-4-7-16(2)15-11/h4-5,7-8,13H,3,6,9-10H2,1-2H3. The molecule has 2 aromatic heterocycles. The van der Waals surface area contributed by atoms with E-state index in [-0.39, 0.29) is 0 Å². The maximum atomic E-state index is 4.35. The Hall–Kier alpha value is -1.62. The Bertz CT molecular complexity index is 457. The average Bonchev–Trinajstić information content (AvgIpc) is 2.90. The quantitative estimate of drug-likeness (QED) is 0.818. The molecule has 17 heavy (non-hydrogen) atoms. The lowest BCUT2D eigenvalue weighted by molar-refractivity contribution is 0.581. The predicted octanol–water partition coefficient (Wildman–Crippen LogP) is 1.32. The first kappa shape index (κ1) is 11.9. The first-order valence-electron chi connectivity index (χ1n) is 5.99. The SMILES string of the molecule is CCCn1ccnc1CNCc1ccn(C)n1. The summed E-state index contributed by atoms with van der Waals surface area (Å²) in [6, 6.07) is 2.02. The molecule has 5 heteroatoms. The third-order valence-electron chi connectivity index (χ3n) is 2.62. The van der Waals surface area contributed by atoms with E-state index in [2.05, 4.69) is 26.9 Å². The highest BCUT2D eigenvalue weighted by molar-refractivity contribution is 4.99. The third kappa shape index (κ3) is 3.17. The summed E-state index contributed by atoms with van der Waals surface area (Å²) in [7, 11) is 1.93. The van der Waals surface area contributed by atoms with Crippen molar-refractivity contribution in [3.8, 4) is 0 Å². The molecule has 0 amide bonds. The maximum Gasteiger partial charge on any atom is 0.122 e. The Morgan fingerprint density at radius 1 is 1.29 bits per heavy atom. The zero-order valence-corrected chi connectivity index (χ0v) is 10.4. The van der Waals surface area contributed by atoms with Crippen LogP contribution in [0.1, 0.15) is 24.9 Å². The number of nitrogens with zero attached hydrogens (tertiary/aromatic N) is 4. The molecule has 0 aliphatic carbocycles. The van der Waals surface area contributed by atoms with Gasteiger partial charge >= 0.3 is 0 Å². The number of rotatable bonds is 6.